The first-order chi connectivity index (χ1) is 10.9. The number of anilines is 1. The second kappa shape index (κ2) is 10.6. The van der Waals surface area contributed by atoms with Gasteiger partial charge in [-0.2, -0.15) is 0 Å². The van der Waals surface area contributed by atoms with E-state index < -0.39 is 5.82 Å². The number of hydrogen-bond donors (Lipinski definition) is 4. The predicted molar refractivity (Wildman–Crippen MR) is 99.0 cm³/mol. The first-order valence-corrected chi connectivity index (χ1v) is 7.71. The highest BCUT2D eigenvalue weighted by molar-refractivity contribution is 5.63. The molecule has 0 bridgehead atoms. The topological polar surface area (TPSA) is 104 Å². The molecule has 1 atom stereocenters. The van der Waals surface area contributed by atoms with Gasteiger partial charge >= 0.3 is 0 Å². The van der Waals surface area contributed by atoms with Crippen molar-refractivity contribution in [2.75, 3.05) is 12.3 Å². The van der Waals surface area contributed by atoms with Crippen molar-refractivity contribution < 1.29 is 4.39 Å². The van der Waals surface area contributed by atoms with Gasteiger partial charge in [-0.25, -0.2) is 4.39 Å². The average Bonchev–Trinajstić information content (AvgIpc) is 2.55. The van der Waals surface area contributed by atoms with Crippen LogP contribution in [0.1, 0.15) is 31.9 Å². The molecule has 0 aliphatic rings. The fraction of sp³-hybridized carbons (Fsp3) is 0.333. The molecule has 1 unspecified atom stereocenters. The van der Waals surface area contributed by atoms with Crippen LogP contribution in [-0.4, -0.2) is 12.6 Å². The van der Waals surface area contributed by atoms with Gasteiger partial charge in [-0.15, -0.1) is 0 Å². The van der Waals surface area contributed by atoms with Gasteiger partial charge in [0.1, 0.15) is 0 Å². The third-order valence-corrected chi connectivity index (χ3v) is 3.24. The molecule has 128 valence electrons. The van der Waals surface area contributed by atoms with E-state index in [2.05, 4.69) is 0 Å². The normalized spacial score (nSPS) is 13.7. The molecule has 0 aliphatic heterocycles. The Hall–Kier alpha value is -2.11. The molecule has 23 heavy (non-hydrogen) atoms. The van der Waals surface area contributed by atoms with E-state index in [9.17, 15) is 4.39 Å². The first kappa shape index (κ1) is 20.9. The van der Waals surface area contributed by atoms with Crippen LogP contribution in [0.5, 0.6) is 0 Å². The van der Waals surface area contributed by atoms with Crippen LogP contribution in [0.2, 0.25) is 0 Å². The van der Waals surface area contributed by atoms with Crippen molar-refractivity contribution in [2.24, 2.45) is 17.2 Å². The summed E-state index contributed by atoms with van der Waals surface area (Å²) in [5, 5.41) is 0. The number of nitrogen functional groups attached to an aromatic ring is 1. The van der Waals surface area contributed by atoms with Crippen LogP contribution in [0.3, 0.4) is 0 Å². The second-order valence-corrected chi connectivity index (χ2v) is 4.91. The van der Waals surface area contributed by atoms with E-state index in [1.54, 1.807) is 30.4 Å². The first-order valence-electron chi connectivity index (χ1n) is 7.71. The van der Waals surface area contributed by atoms with E-state index in [1.165, 1.54) is 6.20 Å². The molecule has 8 N–H and O–H groups in total. The molecule has 4 nitrogen and oxygen atoms in total. The molecule has 0 radical (unpaired) electrons. The van der Waals surface area contributed by atoms with E-state index in [0.29, 0.717) is 17.7 Å². The molecule has 0 aromatic heterocycles. The molecule has 0 spiro atoms. The average molecular weight is 320 g/mol. The van der Waals surface area contributed by atoms with Crippen LogP contribution in [0.15, 0.2) is 41.6 Å². The highest BCUT2D eigenvalue weighted by Crippen LogP contribution is 2.21. The zero-order valence-corrected chi connectivity index (χ0v) is 14.4. The van der Waals surface area contributed by atoms with Crippen LogP contribution in [-0.2, 0) is 0 Å². The quantitative estimate of drug-likeness (QED) is 0.494. The molecule has 0 aliphatic carbocycles. The van der Waals surface area contributed by atoms with Gasteiger partial charge in [-0.3, -0.25) is 0 Å². The van der Waals surface area contributed by atoms with Gasteiger partial charge in [0.05, 0.1) is 5.69 Å². The van der Waals surface area contributed by atoms with Gasteiger partial charge < -0.3 is 22.9 Å². The summed E-state index contributed by atoms with van der Waals surface area (Å²) in [6, 6.07) is 3.15. The smallest absolute Gasteiger partial charge is 0.153 e. The Morgan fingerprint density at radius 3 is 2.39 bits per heavy atom. The minimum atomic E-state index is -0.433. The monoisotopic (exact) mass is 320 g/mol. The highest BCUT2D eigenvalue weighted by atomic mass is 19.1. The Balaban J connectivity index is 0.00000232. The molecule has 0 amide bonds. The van der Waals surface area contributed by atoms with Crippen molar-refractivity contribution in [2.45, 2.75) is 33.7 Å². The molecule has 0 saturated heterocycles. The minimum Gasteiger partial charge on any atom is -0.404 e. The van der Waals surface area contributed by atoms with Gasteiger partial charge in [-0.05, 0) is 36.6 Å². The van der Waals surface area contributed by atoms with Gasteiger partial charge in [-0.1, -0.05) is 38.1 Å². The third kappa shape index (κ3) is 6.26. The lowest BCUT2D eigenvalue weighted by Gasteiger charge is -2.09. The molecule has 1 rings (SSSR count). The third-order valence-electron chi connectivity index (χ3n) is 3.24. The molecular weight excluding hydrogens is 291 g/mol. The zero-order chi connectivity index (χ0) is 18.0. The Bertz CT molecular complexity index is 587. The lowest BCUT2D eigenvalue weighted by atomic mass is 10.0. The summed E-state index contributed by atoms with van der Waals surface area (Å²) >= 11 is 0. The van der Waals surface area contributed by atoms with E-state index >= 15 is 0 Å². The van der Waals surface area contributed by atoms with Crippen LogP contribution in [0, 0.1) is 12.7 Å². The number of hydrogen-bond acceptors (Lipinski definition) is 4. The summed E-state index contributed by atoms with van der Waals surface area (Å²) in [5.41, 5.74) is 25.5. The summed E-state index contributed by atoms with van der Waals surface area (Å²) in [6.45, 7) is 8.00. The van der Waals surface area contributed by atoms with Crippen molar-refractivity contribution in [1.29, 1.82) is 0 Å². The Morgan fingerprint density at radius 1 is 1.30 bits per heavy atom. The molecule has 1 aromatic carbocycles. The fourth-order valence-electron chi connectivity index (χ4n) is 1.83. The minimum absolute atomic E-state index is 0.118. The SMILES string of the molecule is CC.Cc1ccc(N)c(F)c1C=CC(=C/N)/C=C(/CN)C(C)N. The Kier molecular flexibility index (Phi) is 9.62. The number of benzene rings is 1. The largest absolute Gasteiger partial charge is 0.404 e. The Labute approximate surface area is 138 Å². The Morgan fingerprint density at radius 2 is 1.91 bits per heavy atom. The van der Waals surface area contributed by atoms with Crippen LogP contribution in [0.4, 0.5) is 10.1 Å². The molecule has 5 heteroatoms. The molecule has 1 aromatic rings. The number of nitrogens with two attached hydrogens (primary N) is 4. The van der Waals surface area contributed by atoms with Crippen molar-refractivity contribution in [3.8, 4) is 0 Å². The van der Waals surface area contributed by atoms with Crippen molar-refractivity contribution in [3.63, 3.8) is 0 Å². The fourth-order valence-corrected chi connectivity index (χ4v) is 1.83. The number of allylic oxidation sites excluding steroid dienone is 3. The maximum atomic E-state index is 14.0. The molecule has 0 heterocycles. The number of rotatable bonds is 5. The van der Waals surface area contributed by atoms with E-state index in [1.807, 2.05) is 27.7 Å². The highest BCUT2D eigenvalue weighted by Gasteiger charge is 2.06. The van der Waals surface area contributed by atoms with Gasteiger partial charge in [0.2, 0.25) is 0 Å². The summed E-state index contributed by atoms with van der Waals surface area (Å²) in [5.74, 6) is -0.433. The second-order valence-electron chi connectivity index (χ2n) is 4.91. The summed E-state index contributed by atoms with van der Waals surface area (Å²) in [4.78, 5) is 0. The van der Waals surface area contributed by atoms with Crippen molar-refractivity contribution >= 4 is 11.8 Å². The van der Waals surface area contributed by atoms with Crippen molar-refractivity contribution in [3.05, 3.63) is 58.6 Å². The molecule has 0 saturated carbocycles. The van der Waals surface area contributed by atoms with Gasteiger partial charge in [0.15, 0.2) is 5.82 Å². The standard InChI is InChI=1S/C16H23FN4.C2H6/c1-10-3-6-15(21)16(17)14(10)5-4-12(8-18)7-13(9-19)11(2)20;1-2/h3-8,11H,9,18-21H2,1-2H3;1-2H3/b5-4?,12-8-,13-7-;. The summed E-state index contributed by atoms with van der Waals surface area (Å²) in [6.07, 6.45) is 6.59. The van der Waals surface area contributed by atoms with Crippen LogP contribution >= 0.6 is 0 Å². The van der Waals surface area contributed by atoms with E-state index in [0.717, 1.165) is 11.1 Å². The summed E-state index contributed by atoms with van der Waals surface area (Å²) < 4.78 is 14.0. The number of halogens is 1. The van der Waals surface area contributed by atoms with E-state index in [-0.39, 0.29) is 11.7 Å². The number of aryl methyl sites for hydroxylation is 1. The molecular formula is C18H29FN4. The van der Waals surface area contributed by atoms with E-state index in [4.69, 9.17) is 22.9 Å². The van der Waals surface area contributed by atoms with Crippen LogP contribution in [0.25, 0.3) is 6.08 Å². The van der Waals surface area contributed by atoms with Gasteiger partial charge in [0, 0.05) is 24.4 Å². The van der Waals surface area contributed by atoms with Gasteiger partial charge in [0.25, 0.3) is 0 Å². The maximum absolute atomic E-state index is 14.0. The molecule has 0 fully saturated rings. The maximum Gasteiger partial charge on any atom is 0.153 e. The van der Waals surface area contributed by atoms with Crippen LogP contribution < -0.4 is 22.9 Å². The van der Waals surface area contributed by atoms with Crippen molar-refractivity contribution in [1.82, 2.24) is 0 Å². The lowest BCUT2D eigenvalue weighted by Crippen LogP contribution is -2.23. The predicted octanol–water partition coefficient (Wildman–Crippen LogP) is 2.83. The summed E-state index contributed by atoms with van der Waals surface area (Å²) in [7, 11) is 0. The zero-order valence-electron chi connectivity index (χ0n) is 14.4. The lowest BCUT2D eigenvalue weighted by molar-refractivity contribution is 0.628.